The lowest BCUT2D eigenvalue weighted by Gasteiger charge is -2.33. The van der Waals surface area contributed by atoms with Crippen LogP contribution in [0.25, 0.3) is 27.7 Å². The lowest BCUT2D eigenvalue weighted by Crippen LogP contribution is -2.28. The molecular formula is C25H20FNO4. The smallest absolute Gasteiger partial charge is 0.335 e. The topological polar surface area (TPSA) is 82.7 Å². The number of carboxylic acid groups (broad SMARTS) is 1. The minimum Gasteiger partial charge on any atom is -0.507 e. The molecule has 1 heterocycles. The van der Waals surface area contributed by atoms with Gasteiger partial charge in [0.1, 0.15) is 11.6 Å². The summed E-state index contributed by atoms with van der Waals surface area (Å²) in [6.07, 6.45) is 0.775. The van der Waals surface area contributed by atoms with E-state index in [2.05, 4.69) is 0 Å². The number of phenols is 1. The van der Waals surface area contributed by atoms with Crippen molar-refractivity contribution in [1.29, 1.82) is 0 Å². The molecule has 5 nitrogen and oxygen atoms in total. The first-order chi connectivity index (χ1) is 14.9. The van der Waals surface area contributed by atoms with E-state index < -0.39 is 5.97 Å². The Labute approximate surface area is 177 Å². The molecule has 1 aliphatic rings. The zero-order valence-corrected chi connectivity index (χ0v) is 16.5. The summed E-state index contributed by atoms with van der Waals surface area (Å²) in [4.78, 5) is 11.3. The average molecular weight is 417 g/mol. The Morgan fingerprint density at radius 2 is 1.65 bits per heavy atom. The summed E-state index contributed by atoms with van der Waals surface area (Å²) in [5.41, 5.74) is 4.18. The van der Waals surface area contributed by atoms with Gasteiger partial charge >= 0.3 is 5.97 Å². The molecule has 0 unspecified atom stereocenters. The van der Waals surface area contributed by atoms with Gasteiger partial charge in [-0.2, -0.15) is 0 Å². The SMILES string of the molecule is O=C(O)c1ccc(-c2c3c(O)cccc3n(-c3ccc(F)cc3)c2[C@H]2C[C@@H](O)C2)cc1. The maximum atomic E-state index is 13.6. The van der Waals surface area contributed by atoms with Crippen molar-refractivity contribution in [3.05, 3.63) is 83.8 Å². The third-order valence-corrected chi connectivity index (χ3v) is 6.01. The van der Waals surface area contributed by atoms with Crippen LogP contribution in [0.5, 0.6) is 5.75 Å². The second kappa shape index (κ2) is 7.25. The van der Waals surface area contributed by atoms with Crippen molar-refractivity contribution in [1.82, 2.24) is 4.57 Å². The molecule has 5 rings (SSSR count). The van der Waals surface area contributed by atoms with Crippen LogP contribution >= 0.6 is 0 Å². The monoisotopic (exact) mass is 417 g/mol. The Morgan fingerprint density at radius 3 is 2.26 bits per heavy atom. The highest BCUT2D eigenvalue weighted by Gasteiger charge is 2.35. The molecule has 0 amide bonds. The van der Waals surface area contributed by atoms with Gasteiger partial charge in [-0.25, -0.2) is 9.18 Å². The highest BCUT2D eigenvalue weighted by Crippen LogP contribution is 2.49. The number of nitrogens with zero attached hydrogens (tertiary/aromatic N) is 1. The lowest BCUT2D eigenvalue weighted by molar-refractivity contribution is 0.0695. The van der Waals surface area contributed by atoms with E-state index in [1.807, 2.05) is 10.6 Å². The van der Waals surface area contributed by atoms with Gasteiger partial charge in [-0.15, -0.1) is 0 Å². The van der Waals surface area contributed by atoms with Crippen LogP contribution in [-0.4, -0.2) is 32.0 Å². The molecular weight excluding hydrogens is 397 g/mol. The summed E-state index contributed by atoms with van der Waals surface area (Å²) in [6.45, 7) is 0. The third kappa shape index (κ3) is 3.16. The molecule has 1 aromatic heterocycles. The lowest BCUT2D eigenvalue weighted by atomic mass is 9.77. The first kappa shape index (κ1) is 19.3. The summed E-state index contributed by atoms with van der Waals surface area (Å²) in [7, 11) is 0. The van der Waals surface area contributed by atoms with Gasteiger partial charge in [-0.05, 0) is 66.9 Å². The largest absolute Gasteiger partial charge is 0.507 e. The van der Waals surface area contributed by atoms with E-state index in [-0.39, 0.29) is 29.2 Å². The van der Waals surface area contributed by atoms with Crippen LogP contribution in [0.15, 0.2) is 66.7 Å². The van der Waals surface area contributed by atoms with Gasteiger partial charge in [0, 0.05) is 28.2 Å². The fourth-order valence-electron chi connectivity index (χ4n) is 4.48. The third-order valence-electron chi connectivity index (χ3n) is 6.01. The second-order valence-electron chi connectivity index (χ2n) is 7.95. The van der Waals surface area contributed by atoms with Crippen LogP contribution in [0.4, 0.5) is 4.39 Å². The zero-order valence-electron chi connectivity index (χ0n) is 16.5. The molecule has 1 saturated carbocycles. The normalized spacial score (nSPS) is 18.1. The standard InChI is InChI=1S/C25H20FNO4/c26-17-8-10-18(11-9-17)27-20-2-1-3-21(29)23(20)22(24(27)16-12-19(28)13-16)14-4-6-15(7-5-14)25(30)31/h1-11,16,19,28-29H,12-13H2,(H,30,31)/t16-,19+. The molecule has 3 N–H and O–H groups in total. The van der Waals surface area contributed by atoms with Gasteiger partial charge in [-0.1, -0.05) is 18.2 Å². The highest BCUT2D eigenvalue weighted by molar-refractivity contribution is 6.03. The summed E-state index contributed by atoms with van der Waals surface area (Å²) < 4.78 is 15.6. The van der Waals surface area contributed by atoms with E-state index in [4.69, 9.17) is 0 Å². The molecule has 0 bridgehead atoms. The molecule has 0 atom stereocenters. The number of benzene rings is 3. The number of aliphatic hydroxyl groups is 1. The van der Waals surface area contributed by atoms with Crippen molar-refractivity contribution in [3.8, 4) is 22.6 Å². The molecule has 1 fully saturated rings. The number of fused-ring (bicyclic) bond motifs is 1. The van der Waals surface area contributed by atoms with Crippen LogP contribution in [0.2, 0.25) is 0 Å². The number of aromatic hydroxyl groups is 1. The molecule has 31 heavy (non-hydrogen) atoms. The van der Waals surface area contributed by atoms with Gasteiger partial charge in [0.15, 0.2) is 0 Å². The number of hydrogen-bond acceptors (Lipinski definition) is 3. The Kier molecular flexibility index (Phi) is 4.52. The van der Waals surface area contributed by atoms with Crippen LogP contribution in [0.3, 0.4) is 0 Å². The number of aromatic nitrogens is 1. The number of carboxylic acids is 1. The first-order valence-electron chi connectivity index (χ1n) is 10.1. The summed E-state index contributed by atoms with van der Waals surface area (Å²) >= 11 is 0. The van der Waals surface area contributed by atoms with E-state index >= 15 is 0 Å². The zero-order chi connectivity index (χ0) is 21.7. The number of aliphatic hydroxyl groups excluding tert-OH is 1. The predicted molar refractivity (Wildman–Crippen MR) is 115 cm³/mol. The Hall–Kier alpha value is -3.64. The van der Waals surface area contributed by atoms with E-state index in [1.54, 1.807) is 36.4 Å². The minimum atomic E-state index is -1.01. The number of carbonyl (C=O) groups is 1. The van der Waals surface area contributed by atoms with Gasteiger partial charge < -0.3 is 19.9 Å². The predicted octanol–water partition coefficient (Wildman–Crippen LogP) is 5.08. The summed E-state index contributed by atoms with van der Waals surface area (Å²) in [5.74, 6) is -1.20. The highest BCUT2D eigenvalue weighted by atomic mass is 19.1. The van der Waals surface area contributed by atoms with Crippen molar-refractivity contribution >= 4 is 16.9 Å². The van der Waals surface area contributed by atoms with Crippen LogP contribution in [0.1, 0.15) is 34.8 Å². The maximum Gasteiger partial charge on any atom is 0.335 e. The fourth-order valence-corrected chi connectivity index (χ4v) is 4.48. The maximum absolute atomic E-state index is 13.6. The quantitative estimate of drug-likeness (QED) is 0.433. The molecule has 6 heteroatoms. The Morgan fingerprint density at radius 1 is 0.968 bits per heavy atom. The number of halogens is 1. The number of phenolic OH excluding ortho intramolecular Hbond substituents is 1. The van der Waals surface area contributed by atoms with Crippen LogP contribution in [-0.2, 0) is 0 Å². The first-order valence-corrected chi connectivity index (χ1v) is 10.1. The van der Waals surface area contributed by atoms with Crippen molar-refractivity contribution in [3.63, 3.8) is 0 Å². The summed E-state index contributed by atoms with van der Waals surface area (Å²) in [5, 5.41) is 30.7. The van der Waals surface area contributed by atoms with E-state index in [0.29, 0.717) is 18.2 Å². The summed E-state index contributed by atoms with van der Waals surface area (Å²) in [6, 6.07) is 18.0. The van der Waals surface area contributed by atoms with E-state index in [1.165, 1.54) is 24.3 Å². The molecule has 156 valence electrons. The molecule has 0 radical (unpaired) electrons. The van der Waals surface area contributed by atoms with Crippen LogP contribution < -0.4 is 0 Å². The Balaban J connectivity index is 1.84. The molecule has 0 spiro atoms. The van der Waals surface area contributed by atoms with Gasteiger partial charge in [0.2, 0.25) is 0 Å². The number of rotatable bonds is 4. The van der Waals surface area contributed by atoms with Gasteiger partial charge in [-0.3, -0.25) is 0 Å². The fraction of sp³-hybridized carbons (Fsp3) is 0.160. The van der Waals surface area contributed by atoms with Crippen molar-refractivity contribution in [2.45, 2.75) is 24.9 Å². The Bertz CT molecular complexity index is 1290. The number of aromatic carboxylic acids is 1. The van der Waals surface area contributed by atoms with E-state index in [9.17, 15) is 24.5 Å². The molecule has 0 saturated heterocycles. The van der Waals surface area contributed by atoms with Crippen molar-refractivity contribution in [2.75, 3.05) is 0 Å². The van der Waals surface area contributed by atoms with Crippen molar-refractivity contribution in [2.24, 2.45) is 0 Å². The molecule has 1 aliphatic carbocycles. The van der Waals surface area contributed by atoms with Gasteiger partial charge in [0.05, 0.1) is 17.2 Å². The number of hydrogen-bond donors (Lipinski definition) is 3. The van der Waals surface area contributed by atoms with Crippen molar-refractivity contribution < 1.29 is 24.5 Å². The molecule has 0 aliphatic heterocycles. The van der Waals surface area contributed by atoms with E-state index in [0.717, 1.165) is 28.0 Å². The molecule has 4 aromatic rings. The minimum absolute atomic E-state index is 0.0426. The van der Waals surface area contributed by atoms with Crippen LogP contribution in [0, 0.1) is 5.82 Å². The van der Waals surface area contributed by atoms with Gasteiger partial charge in [0.25, 0.3) is 0 Å². The second-order valence-corrected chi connectivity index (χ2v) is 7.95. The molecule has 3 aromatic carbocycles. The average Bonchev–Trinajstić information content (AvgIpc) is 3.08.